The summed E-state index contributed by atoms with van der Waals surface area (Å²) in [6.07, 6.45) is -4.69. The van der Waals surface area contributed by atoms with Gasteiger partial charge in [-0.1, -0.05) is 12.1 Å². The lowest BCUT2D eigenvalue weighted by Gasteiger charge is -2.16. The van der Waals surface area contributed by atoms with Crippen LogP contribution in [0.5, 0.6) is 5.75 Å². The molecule has 2 aromatic rings. The number of alkyl halides is 3. The molecule has 1 aromatic carbocycles. The number of rotatable bonds is 2. The highest BCUT2D eigenvalue weighted by molar-refractivity contribution is 6.02. The predicted octanol–water partition coefficient (Wildman–Crippen LogP) is 3.77. The fourth-order valence-corrected chi connectivity index (χ4v) is 2.22. The van der Waals surface area contributed by atoms with E-state index in [1.54, 1.807) is 12.1 Å². The molecule has 0 N–H and O–H groups in total. The number of Topliss-reactive ketones (excluding diaryl/α,β-unsaturated/α-hetero) is 1. The molecule has 0 aliphatic heterocycles. The van der Waals surface area contributed by atoms with Crippen molar-refractivity contribution < 1.29 is 22.7 Å². The standard InChI is InChI=1S/C14H12F3NO2/c1-7-9-5-4-6-10(20-3)12(9)18-13(14(15,16)17)11(7)8(2)19/h4-6H,1-3H3. The van der Waals surface area contributed by atoms with Gasteiger partial charge in [-0.05, 0) is 25.5 Å². The molecule has 0 spiro atoms. The average molecular weight is 283 g/mol. The molecule has 0 bridgehead atoms. The minimum absolute atomic E-state index is 0.102. The Labute approximate surface area is 113 Å². The molecule has 20 heavy (non-hydrogen) atoms. The van der Waals surface area contributed by atoms with Crippen molar-refractivity contribution in [2.45, 2.75) is 20.0 Å². The number of hydrogen-bond donors (Lipinski definition) is 0. The van der Waals surface area contributed by atoms with Gasteiger partial charge in [0, 0.05) is 5.39 Å². The number of benzene rings is 1. The maximum Gasteiger partial charge on any atom is 0.434 e. The fourth-order valence-electron chi connectivity index (χ4n) is 2.22. The van der Waals surface area contributed by atoms with Gasteiger partial charge in [-0.3, -0.25) is 4.79 Å². The number of para-hydroxylation sites is 1. The van der Waals surface area contributed by atoms with Crippen molar-refractivity contribution in [3.8, 4) is 5.75 Å². The van der Waals surface area contributed by atoms with E-state index in [-0.39, 0.29) is 16.8 Å². The second-order valence-electron chi connectivity index (χ2n) is 4.37. The molecule has 1 aromatic heterocycles. The fraction of sp³-hybridized carbons (Fsp3) is 0.286. The number of fused-ring (bicyclic) bond motifs is 1. The lowest BCUT2D eigenvalue weighted by atomic mass is 9.98. The first-order valence-electron chi connectivity index (χ1n) is 5.82. The van der Waals surface area contributed by atoms with Crippen LogP contribution in [0.3, 0.4) is 0 Å². The summed E-state index contributed by atoms with van der Waals surface area (Å²) >= 11 is 0. The topological polar surface area (TPSA) is 39.2 Å². The highest BCUT2D eigenvalue weighted by Gasteiger charge is 2.38. The summed E-state index contributed by atoms with van der Waals surface area (Å²) in [6, 6.07) is 4.79. The van der Waals surface area contributed by atoms with Crippen LogP contribution in [-0.4, -0.2) is 17.9 Å². The van der Waals surface area contributed by atoms with Gasteiger partial charge in [0.25, 0.3) is 0 Å². The third-order valence-corrected chi connectivity index (χ3v) is 3.08. The summed E-state index contributed by atoms with van der Waals surface area (Å²) in [5.74, 6) is -0.418. The highest BCUT2D eigenvalue weighted by Crippen LogP contribution is 2.37. The van der Waals surface area contributed by atoms with E-state index in [2.05, 4.69) is 4.98 Å². The van der Waals surface area contributed by atoms with E-state index in [9.17, 15) is 18.0 Å². The average Bonchev–Trinajstić information content (AvgIpc) is 2.36. The van der Waals surface area contributed by atoms with Gasteiger partial charge < -0.3 is 4.74 Å². The number of methoxy groups -OCH3 is 1. The summed E-state index contributed by atoms with van der Waals surface area (Å²) in [4.78, 5) is 15.2. The first kappa shape index (κ1) is 14.3. The van der Waals surface area contributed by atoms with Gasteiger partial charge in [-0.25, -0.2) is 4.98 Å². The molecular formula is C14H12F3NO2. The van der Waals surface area contributed by atoms with Gasteiger partial charge in [0.15, 0.2) is 11.5 Å². The minimum atomic E-state index is -4.69. The Balaban J connectivity index is 2.97. The quantitative estimate of drug-likeness (QED) is 0.787. The molecule has 2 rings (SSSR count). The second-order valence-corrected chi connectivity index (χ2v) is 4.37. The molecule has 0 aliphatic carbocycles. The third kappa shape index (κ3) is 2.21. The van der Waals surface area contributed by atoms with Crippen LogP contribution in [0.2, 0.25) is 0 Å². The zero-order valence-corrected chi connectivity index (χ0v) is 11.1. The van der Waals surface area contributed by atoms with E-state index in [1.807, 2.05) is 0 Å². The van der Waals surface area contributed by atoms with Crippen molar-refractivity contribution in [3.63, 3.8) is 0 Å². The number of halogens is 3. The van der Waals surface area contributed by atoms with Crippen LogP contribution in [0.15, 0.2) is 18.2 Å². The maximum atomic E-state index is 13.1. The number of aromatic nitrogens is 1. The van der Waals surface area contributed by atoms with Gasteiger partial charge in [0.2, 0.25) is 0 Å². The maximum absolute atomic E-state index is 13.1. The molecule has 6 heteroatoms. The van der Waals surface area contributed by atoms with Crippen molar-refractivity contribution in [1.29, 1.82) is 0 Å². The Bertz CT molecular complexity index is 693. The lowest BCUT2D eigenvalue weighted by molar-refractivity contribution is -0.141. The van der Waals surface area contributed by atoms with E-state index in [1.165, 1.54) is 20.1 Å². The van der Waals surface area contributed by atoms with Crippen molar-refractivity contribution in [3.05, 3.63) is 35.0 Å². The molecular weight excluding hydrogens is 271 g/mol. The molecule has 0 amide bonds. The monoisotopic (exact) mass is 283 g/mol. The Morgan fingerprint density at radius 3 is 2.45 bits per heavy atom. The number of nitrogens with zero attached hydrogens (tertiary/aromatic N) is 1. The van der Waals surface area contributed by atoms with Crippen molar-refractivity contribution >= 4 is 16.7 Å². The summed E-state index contributed by atoms with van der Waals surface area (Å²) in [6.45, 7) is 2.58. The Morgan fingerprint density at radius 1 is 1.30 bits per heavy atom. The van der Waals surface area contributed by atoms with Crippen molar-refractivity contribution in [2.24, 2.45) is 0 Å². The van der Waals surface area contributed by atoms with Gasteiger partial charge in [-0.2, -0.15) is 13.2 Å². The molecule has 0 atom stereocenters. The Hall–Kier alpha value is -2.11. The largest absolute Gasteiger partial charge is 0.494 e. The van der Waals surface area contributed by atoms with Crippen LogP contribution < -0.4 is 4.74 Å². The summed E-state index contributed by atoms with van der Waals surface area (Å²) < 4.78 is 44.3. The van der Waals surface area contributed by atoms with Crippen molar-refractivity contribution in [2.75, 3.05) is 7.11 Å². The molecule has 0 aliphatic rings. The molecule has 3 nitrogen and oxygen atoms in total. The van der Waals surface area contributed by atoms with Crippen LogP contribution in [-0.2, 0) is 6.18 Å². The number of hydrogen-bond acceptors (Lipinski definition) is 3. The van der Waals surface area contributed by atoms with Crippen molar-refractivity contribution in [1.82, 2.24) is 4.98 Å². The van der Waals surface area contributed by atoms with Gasteiger partial charge in [0.1, 0.15) is 11.3 Å². The molecule has 0 saturated heterocycles. The smallest absolute Gasteiger partial charge is 0.434 e. The van der Waals surface area contributed by atoms with E-state index < -0.39 is 23.2 Å². The zero-order chi connectivity index (χ0) is 15.1. The van der Waals surface area contributed by atoms with Crippen LogP contribution in [0.1, 0.15) is 28.5 Å². The molecule has 1 heterocycles. The van der Waals surface area contributed by atoms with E-state index in [0.29, 0.717) is 5.39 Å². The van der Waals surface area contributed by atoms with Crippen LogP contribution in [0, 0.1) is 6.92 Å². The van der Waals surface area contributed by atoms with Gasteiger partial charge in [0.05, 0.1) is 12.7 Å². The van der Waals surface area contributed by atoms with E-state index >= 15 is 0 Å². The first-order chi connectivity index (χ1) is 9.27. The summed E-state index contributed by atoms with van der Waals surface area (Å²) in [5, 5.41) is 0.475. The molecule has 106 valence electrons. The Morgan fingerprint density at radius 2 is 1.95 bits per heavy atom. The Kier molecular flexibility index (Phi) is 3.41. The summed E-state index contributed by atoms with van der Waals surface area (Å²) in [7, 11) is 1.36. The molecule has 0 unspecified atom stereocenters. The zero-order valence-electron chi connectivity index (χ0n) is 11.1. The summed E-state index contributed by atoms with van der Waals surface area (Å²) in [5.41, 5.74) is -1.20. The normalized spacial score (nSPS) is 11.7. The van der Waals surface area contributed by atoms with Crippen LogP contribution in [0.25, 0.3) is 10.9 Å². The van der Waals surface area contributed by atoms with Gasteiger partial charge in [-0.15, -0.1) is 0 Å². The number of aryl methyl sites for hydroxylation is 1. The molecule has 0 radical (unpaired) electrons. The number of ketones is 1. The van der Waals surface area contributed by atoms with Crippen LogP contribution in [0.4, 0.5) is 13.2 Å². The van der Waals surface area contributed by atoms with Crippen LogP contribution >= 0.6 is 0 Å². The van der Waals surface area contributed by atoms with Gasteiger partial charge >= 0.3 is 6.18 Å². The molecule has 0 fully saturated rings. The number of carbonyl (C=O) groups excluding carboxylic acids is 1. The second kappa shape index (κ2) is 4.77. The SMILES string of the molecule is COc1cccc2c(C)c(C(C)=O)c(C(F)(F)F)nc12. The third-order valence-electron chi connectivity index (χ3n) is 3.08. The van der Waals surface area contributed by atoms with E-state index in [4.69, 9.17) is 4.74 Å². The molecule has 0 saturated carbocycles. The first-order valence-corrected chi connectivity index (χ1v) is 5.82. The van der Waals surface area contributed by atoms with E-state index in [0.717, 1.165) is 6.92 Å². The lowest BCUT2D eigenvalue weighted by Crippen LogP contribution is -2.16. The highest BCUT2D eigenvalue weighted by atomic mass is 19.4. The number of carbonyl (C=O) groups is 1. The number of pyridine rings is 1. The predicted molar refractivity (Wildman–Crippen MR) is 68.0 cm³/mol. The minimum Gasteiger partial charge on any atom is -0.494 e. The number of ether oxygens (including phenoxy) is 1.